The Bertz CT molecular complexity index is 799. The van der Waals surface area contributed by atoms with Gasteiger partial charge in [-0.25, -0.2) is 0 Å². The van der Waals surface area contributed by atoms with Crippen molar-refractivity contribution in [2.45, 2.75) is 25.8 Å². The minimum Gasteiger partial charge on any atom is -0.493 e. The molecule has 7 heteroatoms. The fraction of sp³-hybridized carbons (Fsp3) is 0.450. The maximum absolute atomic E-state index is 12.8. The van der Waals surface area contributed by atoms with E-state index in [1.54, 1.807) is 20.3 Å². The number of hydrogen-bond acceptors (Lipinski definition) is 5. The second-order valence-electron chi connectivity index (χ2n) is 6.60. The smallest absolute Gasteiger partial charge is 0.252 e. The lowest BCUT2D eigenvalue weighted by Gasteiger charge is -2.26. The summed E-state index contributed by atoms with van der Waals surface area (Å²) in [4.78, 5) is 15.2. The van der Waals surface area contributed by atoms with Crippen LogP contribution in [0, 0.1) is 10.5 Å². The van der Waals surface area contributed by atoms with Gasteiger partial charge in [0.15, 0.2) is 11.5 Å². The molecule has 1 unspecified atom stereocenters. The Hall–Kier alpha value is -1.74. The first-order valence-corrected chi connectivity index (χ1v) is 10.1. The number of halogens is 1. The van der Waals surface area contributed by atoms with Crippen LogP contribution in [0.15, 0.2) is 28.7 Å². The van der Waals surface area contributed by atoms with Crippen molar-refractivity contribution in [3.05, 3.63) is 44.9 Å². The lowest BCUT2D eigenvalue weighted by Crippen LogP contribution is -2.36. The van der Waals surface area contributed by atoms with E-state index in [-0.39, 0.29) is 11.9 Å². The van der Waals surface area contributed by atoms with E-state index in [1.165, 1.54) is 12.8 Å². The molecule has 6 nitrogen and oxygen atoms in total. The number of benzene rings is 1. The van der Waals surface area contributed by atoms with E-state index < -0.39 is 0 Å². The topological polar surface area (TPSA) is 63.9 Å². The number of ether oxygens (including phenoxy) is 2. The van der Waals surface area contributed by atoms with Crippen LogP contribution >= 0.6 is 22.6 Å². The van der Waals surface area contributed by atoms with Crippen LogP contribution in [0.25, 0.3) is 0 Å². The molecule has 3 rings (SSSR count). The highest BCUT2D eigenvalue weighted by Gasteiger charge is 2.27. The molecule has 0 spiro atoms. The Kier molecular flexibility index (Phi) is 6.64. The highest BCUT2D eigenvalue weighted by molar-refractivity contribution is 14.1. The van der Waals surface area contributed by atoms with Crippen molar-refractivity contribution in [3.8, 4) is 11.5 Å². The summed E-state index contributed by atoms with van der Waals surface area (Å²) < 4.78 is 17.3. The van der Waals surface area contributed by atoms with Gasteiger partial charge in [-0.1, -0.05) is 0 Å². The number of furan rings is 1. The molecule has 1 aromatic carbocycles. The van der Waals surface area contributed by atoms with E-state index in [0.29, 0.717) is 23.6 Å². The quantitative estimate of drug-likeness (QED) is 0.607. The van der Waals surface area contributed by atoms with Crippen LogP contribution in [0.5, 0.6) is 11.5 Å². The van der Waals surface area contributed by atoms with Crippen molar-refractivity contribution in [1.29, 1.82) is 0 Å². The summed E-state index contributed by atoms with van der Waals surface area (Å²) in [5.74, 6) is 2.81. The largest absolute Gasteiger partial charge is 0.493 e. The van der Waals surface area contributed by atoms with E-state index in [4.69, 9.17) is 13.9 Å². The molecule has 27 heavy (non-hydrogen) atoms. The molecule has 146 valence electrons. The van der Waals surface area contributed by atoms with Gasteiger partial charge in [0.1, 0.15) is 11.5 Å². The predicted octanol–water partition coefficient (Wildman–Crippen LogP) is 3.78. The number of amides is 1. The van der Waals surface area contributed by atoms with Gasteiger partial charge in [0.25, 0.3) is 5.91 Å². The lowest BCUT2D eigenvalue weighted by atomic mass is 10.1. The van der Waals surface area contributed by atoms with Gasteiger partial charge in [0.2, 0.25) is 0 Å². The van der Waals surface area contributed by atoms with Crippen LogP contribution in [-0.2, 0) is 0 Å². The van der Waals surface area contributed by atoms with E-state index in [1.807, 2.05) is 25.1 Å². The molecule has 1 N–H and O–H groups in total. The van der Waals surface area contributed by atoms with Crippen molar-refractivity contribution in [1.82, 2.24) is 10.2 Å². The molecular weight excluding hydrogens is 459 g/mol. The maximum Gasteiger partial charge on any atom is 0.252 e. The zero-order valence-corrected chi connectivity index (χ0v) is 18.0. The summed E-state index contributed by atoms with van der Waals surface area (Å²) >= 11 is 2.14. The standard InChI is InChI=1S/C20H25IN2O4/c1-13-6-7-17(27-13)16(23-8-4-5-9-23)12-22-20(24)14-10-18(25-2)19(26-3)11-15(14)21/h6-7,10-11,16H,4-5,8-9,12H2,1-3H3,(H,22,24). The molecule has 0 radical (unpaired) electrons. The van der Waals surface area contributed by atoms with Crippen LogP contribution in [0.1, 0.15) is 40.8 Å². The van der Waals surface area contributed by atoms with Gasteiger partial charge in [-0.3, -0.25) is 9.69 Å². The Morgan fingerprint density at radius 1 is 1.22 bits per heavy atom. The van der Waals surface area contributed by atoms with E-state index in [0.717, 1.165) is 28.2 Å². The van der Waals surface area contributed by atoms with Crippen LogP contribution in [0.4, 0.5) is 0 Å². The summed E-state index contributed by atoms with van der Waals surface area (Å²) in [6, 6.07) is 7.55. The van der Waals surface area contributed by atoms with Gasteiger partial charge < -0.3 is 19.2 Å². The molecule has 2 heterocycles. The number of aryl methyl sites for hydroxylation is 1. The molecule has 1 amide bonds. The Balaban J connectivity index is 1.76. The molecule has 0 saturated carbocycles. The highest BCUT2D eigenvalue weighted by Crippen LogP contribution is 2.31. The minimum atomic E-state index is -0.132. The minimum absolute atomic E-state index is 0.0444. The lowest BCUT2D eigenvalue weighted by molar-refractivity contribution is 0.0932. The first kappa shape index (κ1) is 20.0. The molecule has 1 aromatic heterocycles. The van der Waals surface area contributed by atoms with Crippen LogP contribution in [0.2, 0.25) is 0 Å². The first-order valence-electron chi connectivity index (χ1n) is 9.03. The SMILES string of the molecule is COc1cc(I)c(C(=O)NCC(c2ccc(C)o2)N2CCCC2)cc1OC. The summed E-state index contributed by atoms with van der Waals surface area (Å²) in [6.45, 7) is 4.48. The van der Waals surface area contributed by atoms with Crippen molar-refractivity contribution >= 4 is 28.5 Å². The van der Waals surface area contributed by atoms with Gasteiger partial charge in [-0.05, 0) is 79.7 Å². The Morgan fingerprint density at radius 2 is 1.89 bits per heavy atom. The average molecular weight is 484 g/mol. The average Bonchev–Trinajstić information content (AvgIpc) is 3.34. The van der Waals surface area contributed by atoms with Crippen LogP contribution in [0.3, 0.4) is 0 Å². The summed E-state index contributed by atoms with van der Waals surface area (Å²) in [5.41, 5.74) is 0.573. The number of carbonyl (C=O) groups excluding carboxylic acids is 1. The molecule has 0 aliphatic carbocycles. The second-order valence-corrected chi connectivity index (χ2v) is 7.77. The maximum atomic E-state index is 12.8. The van der Waals surface area contributed by atoms with E-state index in [9.17, 15) is 4.79 Å². The molecule has 2 aromatic rings. The van der Waals surface area contributed by atoms with Gasteiger partial charge in [0, 0.05) is 10.1 Å². The van der Waals surface area contributed by atoms with Gasteiger partial charge in [0.05, 0.1) is 25.8 Å². The zero-order chi connectivity index (χ0) is 19.4. The fourth-order valence-electron chi connectivity index (χ4n) is 3.41. The van der Waals surface area contributed by atoms with Crippen molar-refractivity contribution in [2.75, 3.05) is 33.9 Å². The number of likely N-dealkylation sites (tertiary alicyclic amines) is 1. The molecule has 1 fully saturated rings. The number of nitrogens with zero attached hydrogens (tertiary/aromatic N) is 1. The van der Waals surface area contributed by atoms with Crippen molar-refractivity contribution in [2.24, 2.45) is 0 Å². The van der Waals surface area contributed by atoms with Gasteiger partial charge >= 0.3 is 0 Å². The third-order valence-corrected chi connectivity index (χ3v) is 5.74. The number of methoxy groups -OCH3 is 2. The predicted molar refractivity (Wildman–Crippen MR) is 112 cm³/mol. The molecule has 1 aliphatic rings. The molecule has 1 aliphatic heterocycles. The molecular formula is C20H25IN2O4. The van der Waals surface area contributed by atoms with Crippen molar-refractivity contribution < 1.29 is 18.7 Å². The highest BCUT2D eigenvalue weighted by atomic mass is 127. The number of nitrogens with one attached hydrogen (secondary N) is 1. The van der Waals surface area contributed by atoms with Gasteiger partial charge in [-0.15, -0.1) is 0 Å². The summed E-state index contributed by atoms with van der Waals surface area (Å²) in [7, 11) is 3.15. The number of hydrogen-bond donors (Lipinski definition) is 1. The zero-order valence-electron chi connectivity index (χ0n) is 15.9. The Labute approximate surface area is 173 Å². The first-order chi connectivity index (χ1) is 13.0. The van der Waals surface area contributed by atoms with Gasteiger partial charge in [-0.2, -0.15) is 0 Å². The fourth-order valence-corrected chi connectivity index (χ4v) is 4.09. The van der Waals surface area contributed by atoms with E-state index >= 15 is 0 Å². The third-order valence-electron chi connectivity index (χ3n) is 4.84. The molecule has 1 atom stereocenters. The molecule has 0 bridgehead atoms. The van der Waals surface area contributed by atoms with Crippen molar-refractivity contribution in [3.63, 3.8) is 0 Å². The molecule has 1 saturated heterocycles. The Morgan fingerprint density at radius 3 is 2.48 bits per heavy atom. The van der Waals surface area contributed by atoms with E-state index in [2.05, 4.69) is 32.8 Å². The second kappa shape index (κ2) is 8.97. The number of rotatable bonds is 7. The van der Waals surface area contributed by atoms with Crippen LogP contribution in [-0.4, -0.2) is 44.7 Å². The third kappa shape index (κ3) is 4.57. The van der Waals surface area contributed by atoms with Crippen LogP contribution < -0.4 is 14.8 Å². The normalized spacial score (nSPS) is 15.6. The number of carbonyl (C=O) groups is 1. The monoisotopic (exact) mass is 484 g/mol. The summed E-state index contributed by atoms with van der Waals surface area (Å²) in [5, 5.41) is 3.07. The summed E-state index contributed by atoms with van der Waals surface area (Å²) in [6.07, 6.45) is 2.36.